The van der Waals surface area contributed by atoms with Gasteiger partial charge in [-0.25, -0.2) is 14.4 Å². The molecule has 6 nitrogen and oxygen atoms in total. The quantitative estimate of drug-likeness (QED) is 0.656. The summed E-state index contributed by atoms with van der Waals surface area (Å²) in [6.45, 7) is 2.18. The van der Waals surface area contributed by atoms with Crippen LogP contribution in [-0.4, -0.2) is 36.2 Å². The van der Waals surface area contributed by atoms with E-state index >= 15 is 0 Å². The smallest absolute Gasteiger partial charge is 0.291 e. The summed E-state index contributed by atoms with van der Waals surface area (Å²) >= 11 is 0. The summed E-state index contributed by atoms with van der Waals surface area (Å²) in [5, 5.41) is 4.40. The number of alkyl halides is 3. The van der Waals surface area contributed by atoms with Gasteiger partial charge >= 0.3 is 6.18 Å². The maximum absolute atomic E-state index is 13.9. The second-order valence-corrected chi connectivity index (χ2v) is 6.20. The normalized spacial score (nSPS) is 15.0. The minimum absolute atomic E-state index is 0.196. The van der Waals surface area contributed by atoms with Gasteiger partial charge in [0.25, 0.3) is 0 Å². The van der Waals surface area contributed by atoms with Crippen molar-refractivity contribution in [3.8, 4) is 11.4 Å². The second kappa shape index (κ2) is 6.69. The van der Waals surface area contributed by atoms with Crippen molar-refractivity contribution in [1.29, 1.82) is 0 Å². The Morgan fingerprint density at radius 2 is 1.85 bits per heavy atom. The standard InChI is InChI=1S/C17H14F4N6/c18-13-2-1-3-22-15(13)14-6-12-10-26(4-5-27(12)25-14)9-11-7-23-16(24-8-11)17(19,20)21/h1-3,6-8H,4-5,9-10H2. The molecule has 0 spiro atoms. The van der Waals surface area contributed by atoms with Crippen LogP contribution in [0, 0.1) is 5.82 Å². The highest BCUT2D eigenvalue weighted by Gasteiger charge is 2.34. The molecule has 3 aromatic heterocycles. The Bertz CT molecular complexity index is 951. The zero-order valence-corrected chi connectivity index (χ0v) is 14.0. The summed E-state index contributed by atoms with van der Waals surface area (Å²) in [5.74, 6) is -1.59. The van der Waals surface area contributed by atoms with Crippen LogP contribution in [0.15, 0.2) is 36.8 Å². The number of fused-ring (bicyclic) bond motifs is 1. The average Bonchev–Trinajstić information content (AvgIpc) is 3.05. The number of pyridine rings is 1. The molecule has 27 heavy (non-hydrogen) atoms. The lowest BCUT2D eigenvalue weighted by Gasteiger charge is -2.27. The predicted molar refractivity (Wildman–Crippen MR) is 86.6 cm³/mol. The third-order valence-electron chi connectivity index (χ3n) is 4.24. The van der Waals surface area contributed by atoms with E-state index in [2.05, 4.69) is 20.1 Å². The fourth-order valence-corrected chi connectivity index (χ4v) is 2.99. The maximum Gasteiger partial charge on any atom is 0.451 e. The molecule has 10 heteroatoms. The van der Waals surface area contributed by atoms with Gasteiger partial charge in [-0.05, 0) is 18.2 Å². The van der Waals surface area contributed by atoms with Gasteiger partial charge in [0.1, 0.15) is 11.4 Å². The SMILES string of the molecule is Fc1cccnc1-c1cc2n(n1)CCN(Cc1cnc(C(F)(F)F)nc1)C2. The number of hydrogen-bond acceptors (Lipinski definition) is 5. The number of aromatic nitrogens is 5. The molecule has 0 saturated carbocycles. The number of hydrogen-bond donors (Lipinski definition) is 0. The predicted octanol–water partition coefficient (Wildman–Crippen LogP) is 2.91. The number of halogens is 4. The van der Waals surface area contributed by atoms with Gasteiger partial charge in [0.2, 0.25) is 5.82 Å². The molecule has 0 aliphatic carbocycles. The fraction of sp³-hybridized carbons (Fsp3) is 0.294. The summed E-state index contributed by atoms with van der Waals surface area (Å²) in [6.07, 6.45) is -0.659. The van der Waals surface area contributed by atoms with Gasteiger partial charge in [-0.1, -0.05) is 0 Å². The maximum atomic E-state index is 13.9. The minimum atomic E-state index is -4.55. The van der Waals surface area contributed by atoms with E-state index < -0.39 is 17.8 Å². The first-order valence-corrected chi connectivity index (χ1v) is 8.18. The molecule has 3 aromatic rings. The van der Waals surface area contributed by atoms with E-state index in [-0.39, 0.29) is 5.69 Å². The van der Waals surface area contributed by atoms with E-state index in [0.29, 0.717) is 37.4 Å². The topological polar surface area (TPSA) is 59.7 Å². The molecule has 0 radical (unpaired) electrons. The lowest BCUT2D eigenvalue weighted by atomic mass is 10.2. The van der Waals surface area contributed by atoms with Crippen molar-refractivity contribution >= 4 is 0 Å². The molecule has 140 valence electrons. The second-order valence-electron chi connectivity index (χ2n) is 6.20. The summed E-state index contributed by atoms with van der Waals surface area (Å²) in [6, 6.07) is 4.63. The Kier molecular flexibility index (Phi) is 4.34. The van der Waals surface area contributed by atoms with E-state index in [0.717, 1.165) is 5.69 Å². The monoisotopic (exact) mass is 378 g/mol. The van der Waals surface area contributed by atoms with Gasteiger partial charge in [-0.3, -0.25) is 14.6 Å². The number of nitrogens with zero attached hydrogens (tertiary/aromatic N) is 6. The van der Waals surface area contributed by atoms with Gasteiger partial charge in [0.05, 0.1) is 12.2 Å². The molecule has 0 fully saturated rings. The van der Waals surface area contributed by atoms with Gasteiger partial charge in [-0.2, -0.15) is 18.3 Å². The molecule has 1 aliphatic heterocycles. The zero-order valence-electron chi connectivity index (χ0n) is 14.0. The Hall–Kier alpha value is -2.88. The van der Waals surface area contributed by atoms with Crippen molar-refractivity contribution in [3.05, 3.63) is 59.7 Å². The van der Waals surface area contributed by atoms with Crippen LogP contribution in [0.2, 0.25) is 0 Å². The molecule has 1 aliphatic rings. The van der Waals surface area contributed by atoms with Crippen LogP contribution in [0.5, 0.6) is 0 Å². The summed E-state index contributed by atoms with van der Waals surface area (Å²) in [4.78, 5) is 12.8. The third kappa shape index (κ3) is 3.65. The van der Waals surface area contributed by atoms with Gasteiger partial charge < -0.3 is 0 Å². The first-order valence-electron chi connectivity index (χ1n) is 8.18. The molecular formula is C17H14F4N6. The van der Waals surface area contributed by atoms with Crippen molar-refractivity contribution in [2.24, 2.45) is 0 Å². The van der Waals surface area contributed by atoms with Crippen LogP contribution in [0.1, 0.15) is 17.1 Å². The van der Waals surface area contributed by atoms with E-state index in [1.54, 1.807) is 10.7 Å². The highest BCUT2D eigenvalue weighted by molar-refractivity contribution is 5.55. The van der Waals surface area contributed by atoms with Crippen molar-refractivity contribution in [1.82, 2.24) is 29.6 Å². The van der Waals surface area contributed by atoms with Crippen LogP contribution < -0.4 is 0 Å². The molecule has 4 rings (SSSR count). The van der Waals surface area contributed by atoms with Crippen LogP contribution in [-0.2, 0) is 25.8 Å². The van der Waals surface area contributed by atoms with Gasteiger partial charge in [0, 0.05) is 43.8 Å². The van der Waals surface area contributed by atoms with Crippen LogP contribution >= 0.6 is 0 Å². The molecule has 0 bridgehead atoms. The van der Waals surface area contributed by atoms with Crippen molar-refractivity contribution in [2.75, 3.05) is 6.54 Å². The van der Waals surface area contributed by atoms with E-state index in [4.69, 9.17) is 0 Å². The van der Waals surface area contributed by atoms with E-state index in [9.17, 15) is 17.6 Å². The Morgan fingerprint density at radius 3 is 2.56 bits per heavy atom. The Balaban J connectivity index is 1.48. The molecule has 0 amide bonds. The molecule has 0 N–H and O–H groups in total. The number of rotatable bonds is 3. The summed E-state index contributed by atoms with van der Waals surface area (Å²) < 4.78 is 53.3. The largest absolute Gasteiger partial charge is 0.451 e. The Morgan fingerprint density at radius 1 is 1.07 bits per heavy atom. The molecule has 0 atom stereocenters. The van der Waals surface area contributed by atoms with Crippen molar-refractivity contribution in [3.63, 3.8) is 0 Å². The highest BCUT2D eigenvalue weighted by Crippen LogP contribution is 2.26. The van der Waals surface area contributed by atoms with Gasteiger partial charge in [0.15, 0.2) is 5.82 Å². The lowest BCUT2D eigenvalue weighted by molar-refractivity contribution is -0.145. The molecular weight excluding hydrogens is 364 g/mol. The summed E-state index contributed by atoms with van der Waals surface area (Å²) in [7, 11) is 0. The van der Waals surface area contributed by atoms with Crippen LogP contribution in [0.25, 0.3) is 11.4 Å². The average molecular weight is 378 g/mol. The van der Waals surface area contributed by atoms with E-state index in [1.807, 2.05) is 4.90 Å². The zero-order chi connectivity index (χ0) is 19.0. The first-order chi connectivity index (χ1) is 12.9. The third-order valence-corrected chi connectivity index (χ3v) is 4.24. The fourth-order valence-electron chi connectivity index (χ4n) is 2.99. The first kappa shape index (κ1) is 17.5. The summed E-state index contributed by atoms with van der Waals surface area (Å²) in [5.41, 5.74) is 2.13. The van der Waals surface area contributed by atoms with Crippen LogP contribution in [0.3, 0.4) is 0 Å². The molecule has 0 aromatic carbocycles. The molecule has 0 saturated heterocycles. The molecule has 0 unspecified atom stereocenters. The van der Waals surface area contributed by atoms with E-state index in [1.165, 1.54) is 30.7 Å². The highest BCUT2D eigenvalue weighted by atomic mass is 19.4. The molecule has 4 heterocycles. The van der Waals surface area contributed by atoms with Crippen molar-refractivity contribution < 1.29 is 17.6 Å². The lowest BCUT2D eigenvalue weighted by Crippen LogP contribution is -2.33. The van der Waals surface area contributed by atoms with Crippen LogP contribution in [0.4, 0.5) is 17.6 Å². The Labute approximate surface area is 151 Å². The minimum Gasteiger partial charge on any atom is -0.291 e. The van der Waals surface area contributed by atoms with Crippen molar-refractivity contribution in [2.45, 2.75) is 25.8 Å². The van der Waals surface area contributed by atoms with Gasteiger partial charge in [-0.15, -0.1) is 0 Å².